The number of aromatic nitrogens is 3. The Bertz CT molecular complexity index is 595. The number of nitrogens with zero attached hydrogens (tertiary/aromatic N) is 4. The first kappa shape index (κ1) is 21.2. The van der Waals surface area contributed by atoms with Gasteiger partial charge in [-0.15, -0.1) is 5.10 Å². The lowest BCUT2D eigenvalue weighted by Gasteiger charge is -2.25. The summed E-state index contributed by atoms with van der Waals surface area (Å²) in [6, 6.07) is 0. The van der Waals surface area contributed by atoms with Crippen LogP contribution in [0, 0.1) is 0 Å². The maximum Gasteiger partial charge on any atom is 0.152 e. The van der Waals surface area contributed by atoms with Crippen molar-refractivity contribution in [2.75, 3.05) is 70.8 Å². The molecule has 1 aliphatic heterocycles. The molecule has 2 rings (SSSR count). The molecule has 10 nitrogen and oxygen atoms in total. The highest BCUT2D eigenvalue weighted by Gasteiger charge is 2.22. The van der Waals surface area contributed by atoms with Gasteiger partial charge in [0.2, 0.25) is 0 Å². The first-order chi connectivity index (χ1) is 12.6. The molecule has 0 spiro atoms. The molecule has 0 aromatic carbocycles. The van der Waals surface area contributed by atoms with Gasteiger partial charge in [0.25, 0.3) is 0 Å². The molecule has 0 amide bonds. The number of nitrogens with two attached hydrogens (primary N) is 1. The number of sulfone groups is 1. The largest absolute Gasteiger partial charge is 0.378 e. The third-order valence-corrected chi connectivity index (χ3v) is 5.49. The monoisotopic (exact) mass is 391 g/mol. The normalized spacial score (nSPS) is 17.6. The fourth-order valence-electron chi connectivity index (χ4n) is 2.44. The topological polar surface area (TPSA) is 122 Å². The van der Waals surface area contributed by atoms with E-state index in [9.17, 15) is 8.42 Å². The maximum absolute atomic E-state index is 11.4. The van der Waals surface area contributed by atoms with Crippen molar-refractivity contribution in [1.82, 2.24) is 19.9 Å². The van der Waals surface area contributed by atoms with Gasteiger partial charge in [-0.2, -0.15) is 0 Å². The standard InChI is InChI=1S/C15H29N5O5S/c16-1-5-23-7-9-25-10-8-24-6-2-20-14-15(17-18-20)13-19-3-11-26(21,22)12-4-19/h14H,1-13,16H2. The Labute approximate surface area is 154 Å². The summed E-state index contributed by atoms with van der Waals surface area (Å²) in [6.07, 6.45) is 1.87. The van der Waals surface area contributed by atoms with Crippen molar-refractivity contribution in [2.24, 2.45) is 5.73 Å². The molecular weight excluding hydrogens is 362 g/mol. The Kier molecular flexibility index (Phi) is 9.43. The smallest absolute Gasteiger partial charge is 0.152 e. The molecule has 0 unspecified atom stereocenters. The molecule has 1 saturated heterocycles. The van der Waals surface area contributed by atoms with Crippen LogP contribution in [-0.2, 0) is 37.1 Å². The molecule has 0 aliphatic carbocycles. The van der Waals surface area contributed by atoms with Gasteiger partial charge in [0.1, 0.15) is 0 Å². The van der Waals surface area contributed by atoms with Crippen LogP contribution in [0.15, 0.2) is 6.20 Å². The van der Waals surface area contributed by atoms with E-state index < -0.39 is 9.84 Å². The molecule has 0 atom stereocenters. The van der Waals surface area contributed by atoms with Crippen molar-refractivity contribution in [3.8, 4) is 0 Å². The van der Waals surface area contributed by atoms with E-state index in [1.807, 2.05) is 6.20 Å². The van der Waals surface area contributed by atoms with Crippen LogP contribution in [0.2, 0.25) is 0 Å². The SMILES string of the molecule is NCCOCCOCCOCCn1cc(CN2CCS(=O)(=O)CC2)nn1. The first-order valence-corrected chi connectivity index (χ1v) is 10.7. The van der Waals surface area contributed by atoms with E-state index in [2.05, 4.69) is 15.2 Å². The van der Waals surface area contributed by atoms with Crippen LogP contribution >= 0.6 is 0 Å². The molecule has 1 aromatic rings. The van der Waals surface area contributed by atoms with Crippen LogP contribution < -0.4 is 5.73 Å². The van der Waals surface area contributed by atoms with Gasteiger partial charge in [0.05, 0.1) is 63.4 Å². The molecular formula is C15H29N5O5S. The predicted molar refractivity (Wildman–Crippen MR) is 95.5 cm³/mol. The van der Waals surface area contributed by atoms with Crippen LogP contribution in [-0.4, -0.2) is 99.1 Å². The highest BCUT2D eigenvalue weighted by atomic mass is 32.2. The van der Waals surface area contributed by atoms with Crippen molar-refractivity contribution in [2.45, 2.75) is 13.1 Å². The van der Waals surface area contributed by atoms with E-state index in [1.54, 1.807) is 4.68 Å². The van der Waals surface area contributed by atoms with Gasteiger partial charge in [0.15, 0.2) is 9.84 Å². The lowest BCUT2D eigenvalue weighted by atomic mass is 10.4. The summed E-state index contributed by atoms with van der Waals surface area (Å²) in [7, 11) is -2.85. The maximum atomic E-state index is 11.4. The molecule has 1 aliphatic rings. The third kappa shape index (κ3) is 8.52. The molecule has 0 radical (unpaired) electrons. The molecule has 26 heavy (non-hydrogen) atoms. The Balaban J connectivity index is 1.51. The summed E-state index contributed by atoms with van der Waals surface area (Å²) < 4.78 is 40.6. The summed E-state index contributed by atoms with van der Waals surface area (Å²) in [4.78, 5) is 2.08. The molecule has 0 bridgehead atoms. The zero-order valence-corrected chi connectivity index (χ0v) is 15.9. The fourth-order valence-corrected chi connectivity index (χ4v) is 3.72. The van der Waals surface area contributed by atoms with Gasteiger partial charge in [0, 0.05) is 32.4 Å². The summed E-state index contributed by atoms with van der Waals surface area (Å²) >= 11 is 0. The highest BCUT2D eigenvalue weighted by molar-refractivity contribution is 7.91. The first-order valence-electron chi connectivity index (χ1n) is 8.84. The van der Waals surface area contributed by atoms with Gasteiger partial charge in [-0.25, -0.2) is 13.1 Å². The van der Waals surface area contributed by atoms with Crippen molar-refractivity contribution in [1.29, 1.82) is 0 Å². The van der Waals surface area contributed by atoms with E-state index in [0.29, 0.717) is 72.4 Å². The molecule has 0 saturated carbocycles. The van der Waals surface area contributed by atoms with Gasteiger partial charge in [-0.3, -0.25) is 4.90 Å². The Hall–Kier alpha value is -1.11. The van der Waals surface area contributed by atoms with E-state index in [0.717, 1.165) is 5.69 Å². The van der Waals surface area contributed by atoms with Gasteiger partial charge >= 0.3 is 0 Å². The fraction of sp³-hybridized carbons (Fsp3) is 0.867. The third-order valence-electron chi connectivity index (χ3n) is 3.88. The Morgan fingerprint density at radius 2 is 1.62 bits per heavy atom. The van der Waals surface area contributed by atoms with Crippen LogP contribution in [0.5, 0.6) is 0 Å². The van der Waals surface area contributed by atoms with E-state index in [-0.39, 0.29) is 11.5 Å². The molecule has 11 heteroatoms. The average Bonchev–Trinajstić information content (AvgIpc) is 3.06. The molecule has 2 N–H and O–H groups in total. The van der Waals surface area contributed by atoms with Crippen molar-refractivity contribution >= 4 is 9.84 Å². The average molecular weight is 391 g/mol. The highest BCUT2D eigenvalue weighted by Crippen LogP contribution is 2.07. The lowest BCUT2D eigenvalue weighted by molar-refractivity contribution is 0.0141. The molecule has 1 fully saturated rings. The lowest BCUT2D eigenvalue weighted by Crippen LogP contribution is -2.39. The summed E-state index contributed by atoms with van der Waals surface area (Å²) in [6.45, 7) is 6.05. The van der Waals surface area contributed by atoms with Gasteiger partial charge in [-0.1, -0.05) is 5.21 Å². The zero-order valence-electron chi connectivity index (χ0n) is 15.1. The second-order valence-corrected chi connectivity index (χ2v) is 8.33. The summed E-state index contributed by atoms with van der Waals surface area (Å²) in [5.41, 5.74) is 6.15. The minimum Gasteiger partial charge on any atom is -0.378 e. The van der Waals surface area contributed by atoms with Crippen molar-refractivity contribution < 1.29 is 22.6 Å². The van der Waals surface area contributed by atoms with Crippen molar-refractivity contribution in [3.05, 3.63) is 11.9 Å². The molecule has 2 heterocycles. The summed E-state index contributed by atoms with van der Waals surface area (Å²) in [5.74, 6) is 0.437. The molecule has 150 valence electrons. The minimum absolute atomic E-state index is 0.218. The number of hydrogen-bond donors (Lipinski definition) is 1. The van der Waals surface area contributed by atoms with E-state index >= 15 is 0 Å². The minimum atomic E-state index is -2.85. The quantitative estimate of drug-likeness (QED) is 0.401. The van der Waals surface area contributed by atoms with E-state index in [4.69, 9.17) is 19.9 Å². The zero-order chi connectivity index (χ0) is 18.7. The number of ether oxygens (including phenoxy) is 3. The predicted octanol–water partition coefficient (Wildman–Crippen LogP) is -1.48. The van der Waals surface area contributed by atoms with Crippen LogP contribution in [0.25, 0.3) is 0 Å². The van der Waals surface area contributed by atoms with Crippen molar-refractivity contribution in [3.63, 3.8) is 0 Å². The second kappa shape index (κ2) is 11.6. The summed E-state index contributed by atoms with van der Waals surface area (Å²) in [5, 5.41) is 8.20. The van der Waals surface area contributed by atoms with Gasteiger partial charge in [-0.05, 0) is 0 Å². The van der Waals surface area contributed by atoms with Crippen LogP contribution in [0.3, 0.4) is 0 Å². The number of hydrogen-bond acceptors (Lipinski definition) is 9. The number of rotatable bonds is 13. The second-order valence-electron chi connectivity index (χ2n) is 6.03. The Morgan fingerprint density at radius 3 is 2.27 bits per heavy atom. The van der Waals surface area contributed by atoms with Crippen LogP contribution in [0.4, 0.5) is 0 Å². The van der Waals surface area contributed by atoms with E-state index in [1.165, 1.54) is 0 Å². The molecule has 1 aromatic heterocycles. The van der Waals surface area contributed by atoms with Crippen LogP contribution in [0.1, 0.15) is 5.69 Å². The van der Waals surface area contributed by atoms with Gasteiger partial charge < -0.3 is 19.9 Å². The Morgan fingerprint density at radius 1 is 1.00 bits per heavy atom.